The summed E-state index contributed by atoms with van der Waals surface area (Å²) in [5, 5.41) is 11.7. The summed E-state index contributed by atoms with van der Waals surface area (Å²) in [6, 6.07) is 0. The first-order valence-electron chi connectivity index (χ1n) is 22.8. The minimum absolute atomic E-state index is 0.150. The molecule has 55 heavy (non-hydrogen) atoms. The Labute approximate surface area is 338 Å². The van der Waals surface area contributed by atoms with Crippen LogP contribution in [0, 0.1) is 0 Å². The maximum Gasteiger partial charge on any atom is 0.306 e. The molecule has 0 bridgehead atoms. The van der Waals surface area contributed by atoms with Gasteiger partial charge in [-0.15, -0.1) is 0 Å². The molecule has 0 spiro atoms. The number of nitrogens with zero attached hydrogens (tertiary/aromatic N) is 1. The molecule has 0 aliphatic rings. The summed E-state index contributed by atoms with van der Waals surface area (Å²) in [6.45, 7) is 4.74. The van der Waals surface area contributed by atoms with Crippen molar-refractivity contribution in [2.24, 2.45) is 0 Å². The number of carbonyl (C=O) groups is 3. The predicted octanol–water partition coefficient (Wildman–Crippen LogP) is 10.6. The Morgan fingerprint density at radius 2 is 0.927 bits per heavy atom. The maximum absolute atomic E-state index is 12.7. The van der Waals surface area contributed by atoms with Crippen LogP contribution in [0.4, 0.5) is 0 Å². The van der Waals surface area contributed by atoms with Gasteiger partial charge in [0.1, 0.15) is 13.2 Å². The first-order valence-corrected chi connectivity index (χ1v) is 22.8. The molecule has 324 valence electrons. The third-order valence-electron chi connectivity index (χ3n) is 10.0. The summed E-state index contributed by atoms with van der Waals surface area (Å²) in [7, 11) is 5.91. The third kappa shape index (κ3) is 40.0. The molecule has 0 rings (SSSR count). The van der Waals surface area contributed by atoms with Crippen LogP contribution in [-0.2, 0) is 33.3 Å². The number of carbonyl (C=O) groups excluding carboxylic acids is 3. The fraction of sp³-hybridized carbons (Fsp3) is 0.891. The summed E-state index contributed by atoms with van der Waals surface area (Å²) in [6.07, 6.45) is 36.7. The minimum Gasteiger partial charge on any atom is -0.545 e. The van der Waals surface area contributed by atoms with Gasteiger partial charge in [-0.1, -0.05) is 167 Å². The fourth-order valence-corrected chi connectivity index (χ4v) is 6.41. The minimum atomic E-state index is -1.61. The number of allylic oxidation sites excluding steroid dienone is 2. The lowest BCUT2D eigenvalue weighted by atomic mass is 10.1. The lowest BCUT2D eigenvalue weighted by Crippen LogP contribution is -2.44. The highest BCUT2D eigenvalue weighted by atomic mass is 16.7. The van der Waals surface area contributed by atoms with E-state index in [4.69, 9.17) is 18.9 Å². The van der Waals surface area contributed by atoms with Crippen molar-refractivity contribution in [3.8, 4) is 0 Å². The largest absolute Gasteiger partial charge is 0.545 e. The van der Waals surface area contributed by atoms with Crippen LogP contribution in [0.5, 0.6) is 0 Å². The number of hydrogen-bond acceptors (Lipinski definition) is 8. The Kier molecular flexibility index (Phi) is 37.5. The van der Waals surface area contributed by atoms with Gasteiger partial charge in [0.15, 0.2) is 12.4 Å². The molecular formula is C46H87NO8. The average Bonchev–Trinajstić information content (AvgIpc) is 3.14. The van der Waals surface area contributed by atoms with E-state index in [1.165, 1.54) is 135 Å². The Morgan fingerprint density at radius 1 is 0.527 bits per heavy atom. The highest BCUT2D eigenvalue weighted by Crippen LogP contribution is 2.15. The SMILES string of the molecule is CCCCCCCC/C=C\CCCCCCCCCCCC(=O)OC(COC(=O)CCCCCCCCCCCCC)COC(OCC[N+](C)(C)C)C(=O)[O-]. The Morgan fingerprint density at radius 3 is 1.35 bits per heavy atom. The average molecular weight is 782 g/mol. The van der Waals surface area contributed by atoms with Crippen LogP contribution in [0.2, 0.25) is 0 Å². The zero-order chi connectivity index (χ0) is 40.7. The fourth-order valence-electron chi connectivity index (χ4n) is 6.41. The van der Waals surface area contributed by atoms with Gasteiger partial charge in [-0.3, -0.25) is 9.59 Å². The van der Waals surface area contributed by atoms with E-state index in [9.17, 15) is 19.5 Å². The lowest BCUT2D eigenvalue weighted by molar-refractivity contribution is -0.870. The Hall–Kier alpha value is -1.97. The second-order valence-electron chi connectivity index (χ2n) is 16.7. The van der Waals surface area contributed by atoms with Crippen molar-refractivity contribution < 1.29 is 42.9 Å². The topological polar surface area (TPSA) is 111 Å². The molecule has 0 aromatic carbocycles. The number of aliphatic carboxylic acids is 1. The maximum atomic E-state index is 12.7. The number of quaternary nitrogens is 1. The smallest absolute Gasteiger partial charge is 0.306 e. The molecule has 0 saturated heterocycles. The van der Waals surface area contributed by atoms with Crippen molar-refractivity contribution in [2.75, 3.05) is 47.5 Å². The summed E-state index contributed by atoms with van der Waals surface area (Å²) in [5.74, 6) is -2.28. The van der Waals surface area contributed by atoms with E-state index in [1.54, 1.807) is 0 Å². The molecule has 0 aromatic rings. The standard InChI is InChI=1S/C46H87NO8/c1-6-8-10-12-14-16-18-19-20-21-22-23-24-25-27-29-31-33-35-37-44(49)55-42(41-54-46(45(50)51)52-39-38-47(3,4)5)40-53-43(48)36-34-32-30-28-26-17-15-13-11-9-7-2/h19-20,42,46H,6-18,21-41H2,1-5H3/b20-19-. The van der Waals surface area contributed by atoms with Gasteiger partial charge in [-0.2, -0.15) is 0 Å². The van der Waals surface area contributed by atoms with Crippen LogP contribution < -0.4 is 5.11 Å². The molecule has 0 amide bonds. The van der Waals surface area contributed by atoms with Crippen LogP contribution in [0.25, 0.3) is 0 Å². The van der Waals surface area contributed by atoms with Gasteiger partial charge < -0.3 is 33.3 Å². The third-order valence-corrected chi connectivity index (χ3v) is 10.0. The summed E-state index contributed by atoms with van der Waals surface area (Å²) in [4.78, 5) is 36.9. The van der Waals surface area contributed by atoms with Crippen LogP contribution in [0.15, 0.2) is 12.2 Å². The van der Waals surface area contributed by atoms with Gasteiger partial charge in [-0.25, -0.2) is 0 Å². The zero-order valence-electron chi connectivity index (χ0n) is 36.6. The van der Waals surface area contributed by atoms with E-state index in [2.05, 4.69) is 26.0 Å². The van der Waals surface area contributed by atoms with Crippen LogP contribution in [0.1, 0.15) is 206 Å². The van der Waals surface area contributed by atoms with Gasteiger partial charge in [0, 0.05) is 12.8 Å². The van der Waals surface area contributed by atoms with Gasteiger partial charge >= 0.3 is 11.9 Å². The van der Waals surface area contributed by atoms with Crippen molar-refractivity contribution in [2.45, 2.75) is 219 Å². The van der Waals surface area contributed by atoms with Crippen LogP contribution in [-0.4, -0.2) is 82.3 Å². The quantitative estimate of drug-likeness (QED) is 0.0198. The molecule has 0 aromatic heterocycles. The Balaban J connectivity index is 4.37. The number of carboxylic acids is 1. The monoisotopic (exact) mass is 782 g/mol. The molecular weight excluding hydrogens is 695 g/mol. The lowest BCUT2D eigenvalue weighted by Gasteiger charge is -2.26. The molecule has 9 heteroatoms. The number of rotatable bonds is 42. The van der Waals surface area contributed by atoms with E-state index in [0.717, 1.165) is 38.5 Å². The van der Waals surface area contributed by atoms with Crippen LogP contribution in [0.3, 0.4) is 0 Å². The van der Waals surface area contributed by atoms with Gasteiger partial charge in [0.25, 0.3) is 0 Å². The number of esters is 2. The highest BCUT2D eigenvalue weighted by Gasteiger charge is 2.21. The number of likely N-dealkylation sites (N-methyl/N-ethyl adjacent to an activating group) is 1. The molecule has 9 nitrogen and oxygen atoms in total. The second kappa shape index (κ2) is 38.9. The number of unbranched alkanes of at least 4 members (excludes halogenated alkanes) is 25. The van der Waals surface area contributed by atoms with Gasteiger partial charge in [0.2, 0.25) is 0 Å². The molecule has 0 N–H and O–H groups in total. The molecule has 0 aliphatic heterocycles. The second-order valence-corrected chi connectivity index (χ2v) is 16.7. The first-order chi connectivity index (χ1) is 26.6. The van der Waals surface area contributed by atoms with E-state index >= 15 is 0 Å². The Bertz CT molecular complexity index is 918. The highest BCUT2D eigenvalue weighted by molar-refractivity contribution is 5.70. The van der Waals surface area contributed by atoms with E-state index in [-0.39, 0.29) is 32.2 Å². The summed E-state index contributed by atoms with van der Waals surface area (Å²) < 4.78 is 22.5. The zero-order valence-corrected chi connectivity index (χ0v) is 36.6. The summed E-state index contributed by atoms with van der Waals surface area (Å²) >= 11 is 0. The number of ether oxygens (including phenoxy) is 4. The van der Waals surface area contributed by atoms with Crippen molar-refractivity contribution in [3.63, 3.8) is 0 Å². The number of hydrogen-bond donors (Lipinski definition) is 0. The molecule has 0 heterocycles. The predicted molar refractivity (Wildman–Crippen MR) is 223 cm³/mol. The normalized spacial score (nSPS) is 13.0. The van der Waals surface area contributed by atoms with Crippen LogP contribution >= 0.6 is 0 Å². The molecule has 0 saturated carbocycles. The molecule has 0 fully saturated rings. The first kappa shape index (κ1) is 53.0. The van der Waals surface area contributed by atoms with Crippen molar-refractivity contribution >= 4 is 17.9 Å². The van der Waals surface area contributed by atoms with E-state index < -0.39 is 24.3 Å². The number of carboxylic acid groups (broad SMARTS) is 1. The van der Waals surface area contributed by atoms with Gasteiger partial charge in [-0.05, 0) is 38.5 Å². The summed E-state index contributed by atoms with van der Waals surface area (Å²) in [5.41, 5.74) is 0. The van der Waals surface area contributed by atoms with Crippen molar-refractivity contribution in [1.29, 1.82) is 0 Å². The van der Waals surface area contributed by atoms with Crippen molar-refractivity contribution in [1.82, 2.24) is 0 Å². The van der Waals surface area contributed by atoms with Crippen molar-refractivity contribution in [3.05, 3.63) is 12.2 Å². The molecule has 0 radical (unpaired) electrons. The van der Waals surface area contributed by atoms with E-state index in [1.807, 2.05) is 21.1 Å². The van der Waals surface area contributed by atoms with Gasteiger partial charge in [0.05, 0.1) is 40.3 Å². The molecule has 0 aliphatic carbocycles. The molecule has 2 atom stereocenters. The molecule has 2 unspecified atom stereocenters. The van der Waals surface area contributed by atoms with E-state index in [0.29, 0.717) is 23.9 Å².